The van der Waals surface area contributed by atoms with Crippen LogP contribution >= 0.6 is 34.7 Å². The minimum absolute atomic E-state index is 0.315. The SMILES string of the molecule is Fc1cccc(Nc2nnc(SCc3nc(-c4ccccc4Cl)no3)s2)c1. The standard InChI is InChI=1S/C17H11ClFN5OS2/c18-13-7-2-1-6-12(13)15-21-14(25-24-15)9-26-17-23-22-16(27-17)20-11-5-3-4-10(19)8-11/h1-8H,9H2,(H,20,22). The van der Waals surface area contributed by atoms with Crippen molar-refractivity contribution >= 4 is 45.5 Å². The summed E-state index contributed by atoms with van der Waals surface area (Å²) in [7, 11) is 0. The molecule has 0 bridgehead atoms. The summed E-state index contributed by atoms with van der Waals surface area (Å²) in [6.07, 6.45) is 0. The van der Waals surface area contributed by atoms with Gasteiger partial charge in [0.25, 0.3) is 0 Å². The Balaban J connectivity index is 1.38. The summed E-state index contributed by atoms with van der Waals surface area (Å²) < 4.78 is 19.2. The first kappa shape index (κ1) is 17.9. The number of benzene rings is 2. The molecule has 0 aliphatic heterocycles. The average molecular weight is 420 g/mol. The van der Waals surface area contributed by atoms with E-state index in [4.69, 9.17) is 16.1 Å². The molecule has 4 aromatic rings. The molecule has 27 heavy (non-hydrogen) atoms. The highest BCUT2D eigenvalue weighted by molar-refractivity contribution is 8.00. The van der Waals surface area contributed by atoms with Crippen molar-refractivity contribution in [2.24, 2.45) is 0 Å². The average Bonchev–Trinajstić information content (AvgIpc) is 3.30. The fourth-order valence-corrected chi connectivity index (χ4v) is 4.03. The van der Waals surface area contributed by atoms with Gasteiger partial charge in [-0.2, -0.15) is 4.98 Å². The summed E-state index contributed by atoms with van der Waals surface area (Å²) in [5.41, 5.74) is 1.33. The lowest BCUT2D eigenvalue weighted by atomic mass is 10.2. The number of aromatic nitrogens is 4. The van der Waals surface area contributed by atoms with Crippen LogP contribution in [0, 0.1) is 5.82 Å². The molecule has 0 aliphatic rings. The van der Waals surface area contributed by atoms with Gasteiger partial charge >= 0.3 is 0 Å². The highest BCUT2D eigenvalue weighted by Gasteiger charge is 2.13. The van der Waals surface area contributed by atoms with Crippen LogP contribution in [0.5, 0.6) is 0 Å². The summed E-state index contributed by atoms with van der Waals surface area (Å²) in [6.45, 7) is 0. The van der Waals surface area contributed by atoms with Gasteiger partial charge in [-0.25, -0.2) is 4.39 Å². The lowest BCUT2D eigenvalue weighted by Gasteiger charge is -2.00. The molecule has 0 fully saturated rings. The molecule has 0 saturated carbocycles. The van der Waals surface area contributed by atoms with Crippen LogP contribution in [-0.4, -0.2) is 20.3 Å². The highest BCUT2D eigenvalue weighted by atomic mass is 35.5. The first-order valence-electron chi connectivity index (χ1n) is 7.74. The maximum Gasteiger partial charge on any atom is 0.237 e. The molecule has 2 heterocycles. The van der Waals surface area contributed by atoms with E-state index in [9.17, 15) is 4.39 Å². The third-order valence-corrected chi connectivity index (χ3v) is 5.67. The number of nitrogens with one attached hydrogen (secondary N) is 1. The summed E-state index contributed by atoms with van der Waals surface area (Å²) in [4.78, 5) is 4.36. The number of hydrogen-bond donors (Lipinski definition) is 1. The minimum atomic E-state index is -0.315. The molecule has 2 aromatic carbocycles. The van der Waals surface area contributed by atoms with Gasteiger partial charge in [-0.3, -0.25) is 0 Å². The van der Waals surface area contributed by atoms with Crippen molar-refractivity contribution in [3.8, 4) is 11.4 Å². The molecular weight excluding hydrogens is 409 g/mol. The second kappa shape index (κ2) is 8.03. The molecule has 0 saturated heterocycles. The number of anilines is 2. The van der Waals surface area contributed by atoms with Crippen LogP contribution in [-0.2, 0) is 5.75 Å². The molecule has 6 nitrogen and oxygen atoms in total. The molecule has 4 rings (SSSR count). The molecule has 0 spiro atoms. The summed E-state index contributed by atoms with van der Waals surface area (Å²) in [5, 5.41) is 16.3. The highest BCUT2D eigenvalue weighted by Crippen LogP contribution is 2.31. The quantitative estimate of drug-likeness (QED) is 0.418. The van der Waals surface area contributed by atoms with Crippen LogP contribution < -0.4 is 5.32 Å². The van der Waals surface area contributed by atoms with Crippen molar-refractivity contribution in [1.82, 2.24) is 20.3 Å². The van der Waals surface area contributed by atoms with Crippen molar-refractivity contribution in [3.63, 3.8) is 0 Å². The lowest BCUT2D eigenvalue weighted by Crippen LogP contribution is -1.89. The zero-order valence-electron chi connectivity index (χ0n) is 13.6. The van der Waals surface area contributed by atoms with E-state index in [0.29, 0.717) is 33.3 Å². The molecule has 136 valence electrons. The van der Waals surface area contributed by atoms with E-state index < -0.39 is 0 Å². The summed E-state index contributed by atoms with van der Waals surface area (Å²) in [6, 6.07) is 13.5. The lowest BCUT2D eigenvalue weighted by molar-refractivity contribution is 0.391. The summed E-state index contributed by atoms with van der Waals surface area (Å²) in [5.74, 6) is 1.04. The second-order valence-corrected chi connectivity index (χ2v) is 7.90. The van der Waals surface area contributed by atoms with Gasteiger partial charge in [-0.05, 0) is 30.3 Å². The normalized spacial score (nSPS) is 10.9. The van der Waals surface area contributed by atoms with Crippen molar-refractivity contribution in [1.29, 1.82) is 0 Å². The van der Waals surface area contributed by atoms with Gasteiger partial charge in [0, 0.05) is 11.3 Å². The molecule has 0 atom stereocenters. The summed E-state index contributed by atoms with van der Waals surface area (Å²) >= 11 is 8.92. The Labute approximate surface area is 166 Å². The van der Waals surface area contributed by atoms with E-state index in [-0.39, 0.29) is 5.82 Å². The molecular formula is C17H11ClFN5OS2. The van der Waals surface area contributed by atoms with E-state index >= 15 is 0 Å². The van der Waals surface area contributed by atoms with Gasteiger partial charge in [-0.1, -0.05) is 58.1 Å². The molecule has 2 aromatic heterocycles. The van der Waals surface area contributed by atoms with Crippen LogP contribution in [0.3, 0.4) is 0 Å². The van der Waals surface area contributed by atoms with Crippen LogP contribution in [0.4, 0.5) is 15.2 Å². The van der Waals surface area contributed by atoms with Crippen LogP contribution in [0.25, 0.3) is 11.4 Å². The molecule has 10 heteroatoms. The fourth-order valence-electron chi connectivity index (χ4n) is 2.20. The number of thioether (sulfide) groups is 1. The number of hydrogen-bond acceptors (Lipinski definition) is 8. The van der Waals surface area contributed by atoms with Gasteiger partial charge in [0.2, 0.25) is 16.8 Å². The Hall–Kier alpha value is -2.49. The van der Waals surface area contributed by atoms with Crippen molar-refractivity contribution in [2.75, 3.05) is 5.32 Å². The van der Waals surface area contributed by atoms with Gasteiger partial charge < -0.3 is 9.84 Å². The third kappa shape index (κ3) is 4.44. The van der Waals surface area contributed by atoms with E-state index in [0.717, 1.165) is 9.90 Å². The molecule has 1 N–H and O–H groups in total. The van der Waals surface area contributed by atoms with E-state index in [1.54, 1.807) is 18.2 Å². The maximum atomic E-state index is 13.2. The third-order valence-electron chi connectivity index (χ3n) is 3.38. The minimum Gasteiger partial charge on any atom is -0.338 e. The Kier molecular flexibility index (Phi) is 5.33. The number of rotatable bonds is 6. The van der Waals surface area contributed by atoms with Crippen LogP contribution in [0.2, 0.25) is 5.02 Å². The van der Waals surface area contributed by atoms with Gasteiger partial charge in [0.1, 0.15) is 5.82 Å². The number of nitrogens with zero attached hydrogens (tertiary/aromatic N) is 4. The Morgan fingerprint density at radius 3 is 2.89 bits per heavy atom. The van der Waals surface area contributed by atoms with E-state index in [1.807, 2.05) is 18.2 Å². The number of halogens is 2. The fraction of sp³-hybridized carbons (Fsp3) is 0.0588. The molecule has 0 aliphatic carbocycles. The van der Waals surface area contributed by atoms with Crippen LogP contribution in [0.1, 0.15) is 5.89 Å². The van der Waals surface area contributed by atoms with Crippen molar-refractivity contribution < 1.29 is 8.91 Å². The van der Waals surface area contributed by atoms with Crippen LogP contribution in [0.15, 0.2) is 57.4 Å². The first-order chi connectivity index (χ1) is 13.2. The zero-order valence-corrected chi connectivity index (χ0v) is 16.0. The van der Waals surface area contributed by atoms with Crippen molar-refractivity contribution in [2.45, 2.75) is 10.1 Å². The second-order valence-electron chi connectivity index (χ2n) is 5.29. The molecule has 0 amide bonds. The maximum absolute atomic E-state index is 13.2. The first-order valence-corrected chi connectivity index (χ1v) is 9.92. The largest absolute Gasteiger partial charge is 0.338 e. The molecule has 0 radical (unpaired) electrons. The van der Waals surface area contributed by atoms with Gasteiger partial charge in [0.15, 0.2) is 4.34 Å². The Morgan fingerprint density at radius 2 is 2.04 bits per heavy atom. The van der Waals surface area contributed by atoms with Gasteiger partial charge in [0.05, 0.1) is 10.8 Å². The zero-order chi connectivity index (χ0) is 18.6. The predicted molar refractivity (Wildman–Crippen MR) is 104 cm³/mol. The van der Waals surface area contributed by atoms with Gasteiger partial charge in [-0.15, -0.1) is 10.2 Å². The molecule has 0 unspecified atom stereocenters. The monoisotopic (exact) mass is 419 g/mol. The Morgan fingerprint density at radius 1 is 1.15 bits per heavy atom. The van der Waals surface area contributed by atoms with E-state index in [2.05, 4.69) is 25.7 Å². The van der Waals surface area contributed by atoms with E-state index in [1.165, 1.54) is 35.2 Å². The van der Waals surface area contributed by atoms with Crippen molar-refractivity contribution in [3.05, 3.63) is 65.3 Å². The topological polar surface area (TPSA) is 76.7 Å². The predicted octanol–water partition coefficient (Wildman–Crippen LogP) is 5.42. The Bertz CT molecular complexity index is 1070. The smallest absolute Gasteiger partial charge is 0.237 e.